The van der Waals surface area contributed by atoms with Crippen molar-refractivity contribution in [3.63, 3.8) is 0 Å². The second kappa shape index (κ2) is 8.56. The van der Waals surface area contributed by atoms with Gasteiger partial charge < -0.3 is 4.74 Å². The van der Waals surface area contributed by atoms with Gasteiger partial charge in [-0.25, -0.2) is 0 Å². The van der Waals surface area contributed by atoms with E-state index in [4.69, 9.17) is 4.74 Å². The predicted molar refractivity (Wildman–Crippen MR) is 77.6 cm³/mol. The Morgan fingerprint density at radius 2 is 1.72 bits per heavy atom. The Balaban J connectivity index is 1.94. The highest BCUT2D eigenvalue weighted by Crippen LogP contribution is 2.17. The molecule has 0 aromatic carbocycles. The molecule has 0 bridgehead atoms. The average molecular weight is 251 g/mol. The summed E-state index contributed by atoms with van der Waals surface area (Å²) in [5, 5.41) is 0. The summed E-state index contributed by atoms with van der Waals surface area (Å²) < 4.78 is 5.59. The van der Waals surface area contributed by atoms with E-state index in [1.54, 1.807) is 0 Å². The average Bonchev–Trinajstić information content (AvgIpc) is 2.32. The molecule has 0 spiro atoms. The van der Waals surface area contributed by atoms with Crippen LogP contribution in [0.1, 0.15) is 52.9 Å². The first-order valence-corrected chi connectivity index (χ1v) is 7.34. The van der Waals surface area contributed by atoms with Crippen molar-refractivity contribution >= 4 is 0 Å². The van der Waals surface area contributed by atoms with Crippen LogP contribution < -0.4 is 0 Å². The number of likely N-dealkylation sites (tertiary alicyclic amines) is 1. The largest absolute Gasteiger partial charge is 0.380 e. The Labute approximate surface area is 113 Å². The van der Waals surface area contributed by atoms with Crippen molar-refractivity contribution in [1.29, 1.82) is 0 Å². The van der Waals surface area contributed by atoms with Gasteiger partial charge in [0.05, 0.1) is 13.2 Å². The fourth-order valence-electron chi connectivity index (χ4n) is 1.98. The molecule has 1 aliphatic rings. The van der Waals surface area contributed by atoms with Gasteiger partial charge in [-0.1, -0.05) is 39.0 Å². The van der Waals surface area contributed by atoms with Gasteiger partial charge in [0.25, 0.3) is 0 Å². The summed E-state index contributed by atoms with van der Waals surface area (Å²) >= 11 is 0. The van der Waals surface area contributed by atoms with E-state index in [0.29, 0.717) is 5.41 Å². The van der Waals surface area contributed by atoms with Gasteiger partial charge in [-0.3, -0.25) is 4.90 Å². The molecular formula is C16H29NO. The molecule has 1 heterocycles. The van der Waals surface area contributed by atoms with Crippen LogP contribution in [-0.2, 0) is 4.74 Å². The number of nitrogens with zero attached hydrogens (tertiary/aromatic N) is 1. The van der Waals surface area contributed by atoms with Gasteiger partial charge in [-0.05, 0) is 37.8 Å². The Bertz CT molecular complexity index is 263. The summed E-state index contributed by atoms with van der Waals surface area (Å²) in [6.07, 6.45) is 6.08. The maximum absolute atomic E-state index is 5.59. The molecule has 0 amide bonds. The summed E-state index contributed by atoms with van der Waals surface area (Å²) in [6, 6.07) is 0. The maximum atomic E-state index is 5.59. The summed E-state index contributed by atoms with van der Waals surface area (Å²) in [5.74, 6) is 6.47. The number of ether oxygens (including phenoxy) is 1. The van der Waals surface area contributed by atoms with E-state index in [1.165, 1.54) is 32.4 Å². The SMILES string of the molecule is CC(C)(C)CCOCCC#CCN1CCCCC1. The summed E-state index contributed by atoms with van der Waals surface area (Å²) in [4.78, 5) is 2.46. The molecule has 0 N–H and O–H groups in total. The Kier molecular flexibility index (Phi) is 7.39. The lowest BCUT2D eigenvalue weighted by atomic mass is 9.93. The number of hydrogen-bond donors (Lipinski definition) is 0. The zero-order chi connectivity index (χ0) is 13.3. The smallest absolute Gasteiger partial charge is 0.0601 e. The fraction of sp³-hybridized carbons (Fsp3) is 0.875. The summed E-state index contributed by atoms with van der Waals surface area (Å²) in [6.45, 7) is 11.8. The standard InChI is InChI=1S/C16H29NO/c1-16(2,3)10-15-18-14-9-5-8-13-17-11-6-4-7-12-17/h4,6-7,9-15H2,1-3H3. The van der Waals surface area contributed by atoms with Crippen LogP contribution in [0.3, 0.4) is 0 Å². The first-order valence-electron chi connectivity index (χ1n) is 7.34. The van der Waals surface area contributed by atoms with Crippen molar-refractivity contribution in [3.8, 4) is 11.8 Å². The van der Waals surface area contributed by atoms with Gasteiger partial charge in [0.15, 0.2) is 0 Å². The van der Waals surface area contributed by atoms with Crippen LogP contribution in [0.5, 0.6) is 0 Å². The van der Waals surface area contributed by atoms with E-state index < -0.39 is 0 Å². The van der Waals surface area contributed by atoms with Gasteiger partial charge in [0.2, 0.25) is 0 Å². The second-order valence-electron chi connectivity index (χ2n) is 6.36. The molecule has 2 heteroatoms. The normalized spacial score (nSPS) is 17.3. The van der Waals surface area contributed by atoms with Crippen molar-refractivity contribution < 1.29 is 4.74 Å². The minimum atomic E-state index is 0.375. The molecule has 0 aromatic heterocycles. The zero-order valence-electron chi connectivity index (χ0n) is 12.4. The molecule has 0 unspecified atom stereocenters. The van der Waals surface area contributed by atoms with Crippen LogP contribution in [0.2, 0.25) is 0 Å². The number of rotatable bonds is 5. The molecule has 1 aliphatic heterocycles. The highest BCUT2D eigenvalue weighted by atomic mass is 16.5. The van der Waals surface area contributed by atoms with E-state index in [1.807, 2.05) is 0 Å². The topological polar surface area (TPSA) is 12.5 Å². The van der Waals surface area contributed by atoms with Crippen molar-refractivity contribution in [3.05, 3.63) is 0 Å². The van der Waals surface area contributed by atoms with Crippen molar-refractivity contribution in [2.24, 2.45) is 5.41 Å². The third kappa shape index (κ3) is 8.55. The zero-order valence-corrected chi connectivity index (χ0v) is 12.4. The van der Waals surface area contributed by atoms with E-state index in [-0.39, 0.29) is 0 Å². The fourth-order valence-corrected chi connectivity index (χ4v) is 1.98. The van der Waals surface area contributed by atoms with Crippen LogP contribution >= 0.6 is 0 Å². The van der Waals surface area contributed by atoms with Crippen LogP contribution in [0.15, 0.2) is 0 Å². The highest BCUT2D eigenvalue weighted by Gasteiger charge is 2.09. The first-order chi connectivity index (χ1) is 8.58. The monoisotopic (exact) mass is 251 g/mol. The lowest BCUT2D eigenvalue weighted by molar-refractivity contribution is 0.113. The lowest BCUT2D eigenvalue weighted by Crippen LogP contribution is -2.29. The number of piperidine rings is 1. The molecule has 0 radical (unpaired) electrons. The van der Waals surface area contributed by atoms with Gasteiger partial charge >= 0.3 is 0 Å². The molecular weight excluding hydrogens is 222 g/mol. The molecule has 18 heavy (non-hydrogen) atoms. The molecule has 104 valence electrons. The minimum absolute atomic E-state index is 0.375. The van der Waals surface area contributed by atoms with Gasteiger partial charge in [0.1, 0.15) is 0 Å². The highest BCUT2D eigenvalue weighted by molar-refractivity contribution is 5.01. The van der Waals surface area contributed by atoms with E-state index >= 15 is 0 Å². The molecule has 0 aromatic rings. The quantitative estimate of drug-likeness (QED) is 0.549. The van der Waals surface area contributed by atoms with Crippen LogP contribution in [0.25, 0.3) is 0 Å². The third-order valence-corrected chi connectivity index (χ3v) is 3.24. The molecule has 1 rings (SSSR count). The van der Waals surface area contributed by atoms with E-state index in [9.17, 15) is 0 Å². The van der Waals surface area contributed by atoms with Gasteiger partial charge in [-0.2, -0.15) is 0 Å². The Morgan fingerprint density at radius 3 is 2.39 bits per heavy atom. The van der Waals surface area contributed by atoms with Crippen LogP contribution in [0, 0.1) is 17.3 Å². The van der Waals surface area contributed by atoms with Gasteiger partial charge in [-0.15, -0.1) is 0 Å². The third-order valence-electron chi connectivity index (χ3n) is 3.24. The molecule has 0 saturated carbocycles. The van der Waals surface area contributed by atoms with E-state index in [0.717, 1.165) is 32.6 Å². The van der Waals surface area contributed by atoms with Crippen molar-refractivity contribution in [2.45, 2.75) is 52.9 Å². The van der Waals surface area contributed by atoms with Crippen LogP contribution in [-0.4, -0.2) is 37.7 Å². The second-order valence-corrected chi connectivity index (χ2v) is 6.36. The molecule has 2 nitrogen and oxygen atoms in total. The van der Waals surface area contributed by atoms with Crippen LogP contribution in [0.4, 0.5) is 0 Å². The number of hydrogen-bond acceptors (Lipinski definition) is 2. The molecule has 0 atom stereocenters. The molecule has 1 saturated heterocycles. The van der Waals surface area contributed by atoms with E-state index in [2.05, 4.69) is 37.5 Å². The summed E-state index contributed by atoms with van der Waals surface area (Å²) in [5.41, 5.74) is 0.375. The Morgan fingerprint density at radius 1 is 1.00 bits per heavy atom. The van der Waals surface area contributed by atoms with Crippen molar-refractivity contribution in [1.82, 2.24) is 4.90 Å². The summed E-state index contributed by atoms with van der Waals surface area (Å²) in [7, 11) is 0. The van der Waals surface area contributed by atoms with Gasteiger partial charge in [0, 0.05) is 13.0 Å². The lowest BCUT2D eigenvalue weighted by Gasteiger charge is -2.23. The first kappa shape index (κ1) is 15.5. The molecule has 0 aliphatic carbocycles. The minimum Gasteiger partial charge on any atom is -0.380 e. The maximum Gasteiger partial charge on any atom is 0.0601 e. The predicted octanol–water partition coefficient (Wildman–Crippen LogP) is 3.32. The molecule has 1 fully saturated rings. The Hall–Kier alpha value is -0.520. The van der Waals surface area contributed by atoms with Crippen molar-refractivity contribution in [2.75, 3.05) is 32.8 Å².